The van der Waals surface area contributed by atoms with Crippen LogP contribution < -0.4 is 0 Å². The second-order valence-corrected chi connectivity index (χ2v) is 6.61. The van der Waals surface area contributed by atoms with Crippen LogP contribution in [0.2, 0.25) is 0 Å². The van der Waals surface area contributed by atoms with E-state index in [1.165, 1.54) is 24.0 Å². The summed E-state index contributed by atoms with van der Waals surface area (Å²) in [6.45, 7) is 8.79. The number of nitrogens with zero attached hydrogens (tertiary/aromatic N) is 2. The van der Waals surface area contributed by atoms with Crippen molar-refractivity contribution in [2.45, 2.75) is 66.2 Å². The van der Waals surface area contributed by atoms with Gasteiger partial charge in [-0.2, -0.15) is 0 Å². The van der Waals surface area contributed by atoms with Gasteiger partial charge in [0.2, 0.25) is 0 Å². The van der Waals surface area contributed by atoms with E-state index in [2.05, 4.69) is 45.9 Å². The summed E-state index contributed by atoms with van der Waals surface area (Å²) in [5.41, 5.74) is 7.13. The second kappa shape index (κ2) is 12.6. The fourth-order valence-electron chi connectivity index (χ4n) is 3.21. The Morgan fingerprint density at radius 1 is 0.667 bits per heavy atom. The van der Waals surface area contributed by atoms with Gasteiger partial charge >= 0.3 is 0 Å². The Labute approximate surface area is 175 Å². The van der Waals surface area contributed by atoms with E-state index in [9.17, 15) is 0 Å². The van der Waals surface area contributed by atoms with Gasteiger partial charge in [0, 0.05) is 16.5 Å². The molecule has 2 aromatic carbocycles. The number of aryl methyl sites for hydroxylation is 2. The van der Waals surface area contributed by atoms with Crippen molar-refractivity contribution in [3.63, 3.8) is 0 Å². The van der Waals surface area contributed by atoms with Crippen molar-refractivity contribution in [3.8, 4) is 0 Å². The van der Waals surface area contributed by atoms with Gasteiger partial charge in [0.1, 0.15) is 0 Å². The normalized spacial score (nSPS) is 12.0. The Balaban J connectivity index is 0.00000364. The molecule has 0 fully saturated rings. The molecule has 0 radical (unpaired) electrons. The molecule has 0 aliphatic carbocycles. The van der Waals surface area contributed by atoms with Crippen molar-refractivity contribution in [2.75, 3.05) is 0 Å². The first-order valence-electron chi connectivity index (χ1n) is 10.0. The van der Waals surface area contributed by atoms with Crippen LogP contribution in [-0.2, 0) is 29.3 Å². The molecule has 27 heavy (non-hydrogen) atoms. The van der Waals surface area contributed by atoms with Crippen LogP contribution in [0.25, 0.3) is 0 Å². The summed E-state index contributed by atoms with van der Waals surface area (Å²) in [4.78, 5) is 9.81. The van der Waals surface area contributed by atoms with Crippen LogP contribution in [0.5, 0.6) is 0 Å². The molecular weight excluding hydrogens is 375 g/mol. The topological polar surface area (TPSA) is 24.7 Å². The number of aliphatic imine (C=N–C) groups is 2. The minimum Gasteiger partial charge on any atom is -0.252 e. The van der Waals surface area contributed by atoms with E-state index < -0.39 is 0 Å². The van der Waals surface area contributed by atoms with E-state index in [1.54, 1.807) is 0 Å². The van der Waals surface area contributed by atoms with Crippen LogP contribution in [0.15, 0.2) is 58.5 Å². The van der Waals surface area contributed by atoms with Crippen LogP contribution in [-0.4, -0.2) is 11.4 Å². The van der Waals surface area contributed by atoms with E-state index in [4.69, 9.17) is 9.98 Å². The van der Waals surface area contributed by atoms with Crippen molar-refractivity contribution in [1.82, 2.24) is 0 Å². The molecule has 0 spiro atoms. The number of rotatable bonds is 9. The fraction of sp³-hybridized carbons (Fsp3) is 0.417. The summed E-state index contributed by atoms with van der Waals surface area (Å²) in [5, 5.41) is 0. The Hall–Kier alpha value is -1.73. The first-order valence-corrected chi connectivity index (χ1v) is 10.0. The van der Waals surface area contributed by atoms with E-state index in [-0.39, 0.29) is 16.5 Å². The standard InChI is InChI=1S/C24H32N2.Ni/c1-5-12-19-16-17-22(18-20(19)13-6-2)26-24(8-4)23(7-3)25-21-14-10-9-11-15-21;/h9-11,14-18H,5-8,12-13H2,1-4H3;. The zero-order chi connectivity index (χ0) is 18.8. The average molecular weight is 407 g/mol. The summed E-state index contributed by atoms with van der Waals surface area (Å²) >= 11 is 0. The Morgan fingerprint density at radius 2 is 1.22 bits per heavy atom. The average Bonchev–Trinajstić information content (AvgIpc) is 2.67. The third kappa shape index (κ3) is 7.07. The maximum Gasteiger partial charge on any atom is 0.0636 e. The number of hydrogen-bond donors (Lipinski definition) is 0. The molecule has 0 atom stereocenters. The van der Waals surface area contributed by atoms with Crippen LogP contribution >= 0.6 is 0 Å². The number of benzene rings is 2. The smallest absolute Gasteiger partial charge is 0.0636 e. The second-order valence-electron chi connectivity index (χ2n) is 6.61. The van der Waals surface area contributed by atoms with E-state index in [0.717, 1.165) is 48.5 Å². The molecule has 0 N–H and O–H groups in total. The minimum absolute atomic E-state index is 0. The minimum atomic E-state index is 0. The van der Waals surface area contributed by atoms with E-state index in [1.807, 2.05) is 30.3 Å². The number of para-hydroxylation sites is 1. The van der Waals surface area contributed by atoms with Gasteiger partial charge < -0.3 is 0 Å². The molecule has 0 heterocycles. The van der Waals surface area contributed by atoms with Gasteiger partial charge in [-0.1, -0.05) is 64.8 Å². The van der Waals surface area contributed by atoms with Gasteiger partial charge in [-0.15, -0.1) is 0 Å². The van der Waals surface area contributed by atoms with Gasteiger partial charge in [0.15, 0.2) is 0 Å². The van der Waals surface area contributed by atoms with Gasteiger partial charge in [-0.3, -0.25) is 9.98 Å². The Bertz CT molecular complexity index is 748. The predicted molar refractivity (Wildman–Crippen MR) is 116 cm³/mol. The summed E-state index contributed by atoms with van der Waals surface area (Å²) in [5.74, 6) is 0. The van der Waals surface area contributed by atoms with Crippen LogP contribution in [0.3, 0.4) is 0 Å². The summed E-state index contributed by atoms with van der Waals surface area (Å²) in [6, 6.07) is 16.9. The molecule has 3 heteroatoms. The SMILES string of the molecule is CCCc1ccc(N=C(CC)C(CC)=Nc2ccccc2)cc1CCC.[Ni]. The molecular formula is C24H32N2Ni. The van der Waals surface area contributed by atoms with Crippen molar-refractivity contribution < 1.29 is 16.5 Å². The molecule has 2 aromatic rings. The van der Waals surface area contributed by atoms with Crippen LogP contribution in [0.4, 0.5) is 11.4 Å². The first kappa shape index (κ1) is 23.3. The Kier molecular flexibility index (Phi) is 10.9. The third-order valence-corrected chi connectivity index (χ3v) is 4.52. The fourth-order valence-corrected chi connectivity index (χ4v) is 3.21. The Morgan fingerprint density at radius 3 is 1.78 bits per heavy atom. The van der Waals surface area contributed by atoms with Crippen molar-refractivity contribution in [3.05, 3.63) is 59.7 Å². The third-order valence-electron chi connectivity index (χ3n) is 4.52. The molecule has 0 aliphatic heterocycles. The van der Waals surface area contributed by atoms with Crippen molar-refractivity contribution in [1.29, 1.82) is 0 Å². The maximum atomic E-state index is 4.97. The summed E-state index contributed by atoms with van der Waals surface area (Å²) < 4.78 is 0. The van der Waals surface area contributed by atoms with Crippen molar-refractivity contribution >= 4 is 22.8 Å². The number of hydrogen-bond acceptors (Lipinski definition) is 2. The van der Waals surface area contributed by atoms with E-state index >= 15 is 0 Å². The first-order chi connectivity index (χ1) is 12.7. The van der Waals surface area contributed by atoms with Gasteiger partial charge in [-0.05, 0) is 61.1 Å². The zero-order valence-electron chi connectivity index (χ0n) is 17.1. The van der Waals surface area contributed by atoms with E-state index in [0.29, 0.717) is 0 Å². The molecule has 2 nitrogen and oxygen atoms in total. The zero-order valence-corrected chi connectivity index (χ0v) is 18.1. The van der Waals surface area contributed by atoms with Crippen LogP contribution in [0.1, 0.15) is 64.5 Å². The molecule has 0 saturated heterocycles. The molecule has 0 bridgehead atoms. The molecule has 0 aliphatic rings. The van der Waals surface area contributed by atoms with Crippen molar-refractivity contribution in [2.24, 2.45) is 9.98 Å². The molecule has 0 saturated carbocycles. The summed E-state index contributed by atoms with van der Waals surface area (Å²) in [7, 11) is 0. The molecule has 0 amide bonds. The van der Waals surface area contributed by atoms with Gasteiger partial charge in [0.25, 0.3) is 0 Å². The monoisotopic (exact) mass is 406 g/mol. The molecule has 0 aromatic heterocycles. The largest absolute Gasteiger partial charge is 0.252 e. The molecule has 148 valence electrons. The van der Waals surface area contributed by atoms with Gasteiger partial charge in [-0.25, -0.2) is 0 Å². The maximum absolute atomic E-state index is 4.97. The van der Waals surface area contributed by atoms with Crippen LogP contribution in [0, 0.1) is 0 Å². The molecule has 2 rings (SSSR count). The molecule has 0 unspecified atom stereocenters. The van der Waals surface area contributed by atoms with Gasteiger partial charge in [0.05, 0.1) is 22.8 Å². The summed E-state index contributed by atoms with van der Waals surface area (Å²) in [6.07, 6.45) is 6.40. The predicted octanol–water partition coefficient (Wildman–Crippen LogP) is 7.25. The quantitative estimate of drug-likeness (QED) is 0.309.